The minimum Gasteiger partial charge on any atom is -0.354 e. The highest BCUT2D eigenvalue weighted by molar-refractivity contribution is 5.98. The third-order valence-corrected chi connectivity index (χ3v) is 9.88. The van der Waals surface area contributed by atoms with E-state index in [-0.39, 0.29) is 42.4 Å². The zero-order valence-electron chi connectivity index (χ0n) is 28.9. The summed E-state index contributed by atoms with van der Waals surface area (Å²) in [5.41, 5.74) is 8.96. The maximum Gasteiger partial charge on any atom is 0.254 e. The summed E-state index contributed by atoms with van der Waals surface area (Å²) in [6.45, 7) is 3.38. The predicted molar refractivity (Wildman–Crippen MR) is 193 cm³/mol. The number of hydrogen-bond acceptors (Lipinski definition) is 5. The van der Waals surface area contributed by atoms with Gasteiger partial charge >= 0.3 is 0 Å². The fraction of sp³-hybridized carbons (Fsp3) is 0.375. The first-order valence-electron chi connectivity index (χ1n) is 17.1. The SMILES string of the molecule is CC(N)c1cccc(C(=O)N(C)[C@H](Cc2ccc3ccccc3c2)C(=O)N(C)[C@H](Cc2ccc(F)cc2)C(=O)NCCC2CCCN2C)c1. The number of nitrogens with one attached hydrogen (secondary N) is 1. The average molecular weight is 666 g/mol. The van der Waals surface area contributed by atoms with Crippen LogP contribution in [-0.4, -0.2) is 84.8 Å². The molecular weight excluding hydrogens is 617 g/mol. The van der Waals surface area contributed by atoms with E-state index >= 15 is 0 Å². The quantitative estimate of drug-likeness (QED) is 0.201. The van der Waals surface area contributed by atoms with E-state index in [0.717, 1.165) is 53.3 Å². The summed E-state index contributed by atoms with van der Waals surface area (Å²) in [7, 11) is 5.35. The second-order valence-corrected chi connectivity index (χ2v) is 13.4. The molecule has 0 radical (unpaired) electrons. The summed E-state index contributed by atoms with van der Waals surface area (Å²) in [5, 5.41) is 5.17. The molecule has 1 heterocycles. The van der Waals surface area contributed by atoms with E-state index in [2.05, 4.69) is 17.3 Å². The monoisotopic (exact) mass is 665 g/mol. The van der Waals surface area contributed by atoms with Gasteiger partial charge in [-0.2, -0.15) is 0 Å². The number of nitrogens with two attached hydrogens (primary N) is 1. The van der Waals surface area contributed by atoms with E-state index in [4.69, 9.17) is 5.73 Å². The lowest BCUT2D eigenvalue weighted by Crippen LogP contribution is -2.56. The number of carbonyl (C=O) groups excluding carboxylic acids is 3. The summed E-state index contributed by atoms with van der Waals surface area (Å²) in [6, 6.07) is 25.5. The fourth-order valence-electron chi connectivity index (χ4n) is 6.74. The zero-order chi connectivity index (χ0) is 35.1. The molecule has 5 rings (SSSR count). The lowest BCUT2D eigenvalue weighted by atomic mass is 9.97. The minimum absolute atomic E-state index is 0.189. The van der Waals surface area contributed by atoms with Crippen LogP contribution in [0.1, 0.15) is 59.3 Å². The molecule has 4 atom stereocenters. The third kappa shape index (κ3) is 8.90. The summed E-state index contributed by atoms with van der Waals surface area (Å²) < 4.78 is 13.8. The van der Waals surface area contributed by atoms with E-state index < -0.39 is 12.1 Å². The number of benzene rings is 4. The first kappa shape index (κ1) is 35.7. The van der Waals surface area contributed by atoms with Crippen molar-refractivity contribution in [3.8, 4) is 0 Å². The van der Waals surface area contributed by atoms with Gasteiger partial charge in [0.1, 0.15) is 17.9 Å². The van der Waals surface area contributed by atoms with Gasteiger partial charge in [0.25, 0.3) is 5.91 Å². The van der Waals surface area contributed by atoms with Gasteiger partial charge in [-0.25, -0.2) is 4.39 Å². The molecule has 49 heavy (non-hydrogen) atoms. The van der Waals surface area contributed by atoms with E-state index in [0.29, 0.717) is 18.2 Å². The van der Waals surface area contributed by atoms with Crippen LogP contribution in [0.15, 0.2) is 91.0 Å². The Balaban J connectivity index is 1.44. The van der Waals surface area contributed by atoms with Crippen molar-refractivity contribution in [1.82, 2.24) is 20.0 Å². The number of likely N-dealkylation sites (N-methyl/N-ethyl adjacent to an activating group) is 2. The topological polar surface area (TPSA) is 99.0 Å². The van der Waals surface area contributed by atoms with Crippen molar-refractivity contribution in [2.45, 2.75) is 63.2 Å². The molecule has 258 valence electrons. The molecule has 1 saturated heterocycles. The molecule has 1 aliphatic rings. The largest absolute Gasteiger partial charge is 0.354 e. The predicted octanol–water partition coefficient (Wildman–Crippen LogP) is 5.35. The van der Waals surface area contributed by atoms with Crippen LogP contribution in [-0.2, 0) is 22.4 Å². The maximum absolute atomic E-state index is 14.6. The molecule has 3 amide bonds. The van der Waals surface area contributed by atoms with Crippen LogP contribution >= 0.6 is 0 Å². The normalized spacial score (nSPS) is 16.6. The molecule has 8 nitrogen and oxygen atoms in total. The first-order chi connectivity index (χ1) is 23.5. The number of fused-ring (bicyclic) bond motifs is 1. The third-order valence-electron chi connectivity index (χ3n) is 9.88. The van der Waals surface area contributed by atoms with E-state index in [9.17, 15) is 18.8 Å². The van der Waals surface area contributed by atoms with Gasteiger partial charge in [0.2, 0.25) is 11.8 Å². The molecule has 9 heteroatoms. The van der Waals surface area contributed by atoms with E-state index in [1.54, 1.807) is 44.4 Å². The van der Waals surface area contributed by atoms with E-state index in [1.807, 2.05) is 55.5 Å². The van der Waals surface area contributed by atoms with Crippen molar-refractivity contribution in [2.75, 3.05) is 34.2 Å². The molecule has 4 aromatic carbocycles. The van der Waals surface area contributed by atoms with Crippen LogP contribution in [0.2, 0.25) is 0 Å². The van der Waals surface area contributed by atoms with Gasteiger partial charge in [0.15, 0.2) is 0 Å². The van der Waals surface area contributed by atoms with Crippen LogP contribution in [0.4, 0.5) is 4.39 Å². The van der Waals surface area contributed by atoms with E-state index in [1.165, 1.54) is 21.9 Å². The summed E-state index contributed by atoms with van der Waals surface area (Å²) >= 11 is 0. The molecule has 2 unspecified atom stereocenters. The number of rotatable bonds is 13. The number of hydrogen-bond donors (Lipinski definition) is 2. The lowest BCUT2D eigenvalue weighted by molar-refractivity contribution is -0.142. The zero-order valence-corrected chi connectivity index (χ0v) is 28.9. The van der Waals surface area contributed by atoms with Gasteiger partial charge in [-0.1, -0.05) is 66.7 Å². The van der Waals surface area contributed by atoms with Crippen LogP contribution in [0.3, 0.4) is 0 Å². The van der Waals surface area contributed by atoms with Gasteiger partial charge in [-0.3, -0.25) is 14.4 Å². The molecule has 0 aliphatic carbocycles. The number of carbonyl (C=O) groups is 3. The molecule has 0 bridgehead atoms. The van der Waals surface area contributed by atoms with Gasteiger partial charge in [0.05, 0.1) is 0 Å². The molecule has 3 N–H and O–H groups in total. The van der Waals surface area contributed by atoms with Crippen molar-refractivity contribution in [3.63, 3.8) is 0 Å². The second-order valence-electron chi connectivity index (χ2n) is 13.4. The highest BCUT2D eigenvalue weighted by Crippen LogP contribution is 2.22. The summed E-state index contributed by atoms with van der Waals surface area (Å²) in [5.74, 6) is -1.36. The fourth-order valence-corrected chi connectivity index (χ4v) is 6.74. The number of nitrogens with zero attached hydrogens (tertiary/aromatic N) is 3. The maximum atomic E-state index is 14.6. The molecule has 0 saturated carbocycles. The van der Waals surface area contributed by atoms with Gasteiger partial charge < -0.3 is 25.8 Å². The molecule has 1 aliphatic heterocycles. The van der Waals surface area contributed by atoms with Crippen LogP contribution in [0.5, 0.6) is 0 Å². The van der Waals surface area contributed by atoms with Crippen molar-refractivity contribution in [1.29, 1.82) is 0 Å². The van der Waals surface area contributed by atoms with Gasteiger partial charge in [-0.05, 0) is 91.5 Å². The Kier molecular flexibility index (Phi) is 11.8. The Hall–Kier alpha value is -4.60. The van der Waals surface area contributed by atoms with Gasteiger partial charge in [-0.15, -0.1) is 0 Å². The second kappa shape index (κ2) is 16.2. The molecular formula is C40H48FN5O3. The lowest BCUT2D eigenvalue weighted by Gasteiger charge is -2.35. The van der Waals surface area contributed by atoms with Crippen molar-refractivity contribution < 1.29 is 18.8 Å². The molecule has 4 aromatic rings. The average Bonchev–Trinajstić information content (AvgIpc) is 3.52. The molecule has 1 fully saturated rings. The van der Waals surface area contributed by atoms with Crippen LogP contribution < -0.4 is 11.1 Å². The Morgan fingerprint density at radius 2 is 1.57 bits per heavy atom. The van der Waals surface area contributed by atoms with Crippen molar-refractivity contribution >= 4 is 28.5 Å². The number of halogens is 1. The molecule has 0 aromatic heterocycles. The Morgan fingerprint density at radius 3 is 2.27 bits per heavy atom. The summed E-state index contributed by atoms with van der Waals surface area (Å²) in [4.78, 5) is 47.8. The smallest absolute Gasteiger partial charge is 0.254 e. The first-order valence-corrected chi connectivity index (χ1v) is 17.1. The Morgan fingerprint density at radius 1 is 0.878 bits per heavy atom. The minimum atomic E-state index is -0.923. The number of amides is 3. The summed E-state index contributed by atoms with van der Waals surface area (Å²) in [6.07, 6.45) is 3.47. The highest BCUT2D eigenvalue weighted by atomic mass is 19.1. The standard InChI is InChI=1S/C40H48FN5O3/c1-27(42)31-11-7-12-33(26-31)39(48)46(4)37(25-29-14-17-30-9-5-6-10-32(30)23-29)40(49)45(3)36(24-28-15-18-34(41)19-16-28)38(47)43-21-20-35-13-8-22-44(35)2/h5-7,9-12,14-19,23,26-27,35-37H,8,13,20-22,24-25,42H2,1-4H3,(H,43,47)/t27?,35?,36-,37-/m1/s1. The van der Waals surface area contributed by atoms with Crippen LogP contribution in [0.25, 0.3) is 10.8 Å². The van der Waals surface area contributed by atoms with Crippen LogP contribution in [0, 0.1) is 5.82 Å². The van der Waals surface area contributed by atoms with Crippen molar-refractivity contribution in [3.05, 3.63) is 119 Å². The number of likely N-dealkylation sites (tertiary alicyclic amines) is 1. The highest BCUT2D eigenvalue weighted by Gasteiger charge is 2.36. The Labute approximate surface area is 289 Å². The van der Waals surface area contributed by atoms with Crippen molar-refractivity contribution in [2.24, 2.45) is 5.73 Å². The molecule has 0 spiro atoms. The van der Waals surface area contributed by atoms with Gasteiger partial charge in [0, 0.05) is 51.1 Å². The Bertz CT molecular complexity index is 1760.